The first-order valence-corrected chi connectivity index (χ1v) is 7.72. The molecule has 0 aromatic heterocycles. The first-order valence-electron chi connectivity index (χ1n) is 7.72. The number of benzene rings is 1. The van der Waals surface area contributed by atoms with Crippen LogP contribution in [0.4, 0.5) is 0 Å². The number of aryl methyl sites for hydroxylation is 1. The SMILES string of the molecule is O=C(O)CCC1CCN(CCCCc2ccccc2)C1. The highest BCUT2D eigenvalue weighted by Gasteiger charge is 2.22. The minimum Gasteiger partial charge on any atom is -0.481 e. The van der Waals surface area contributed by atoms with Crippen LogP contribution in [0, 0.1) is 5.92 Å². The van der Waals surface area contributed by atoms with Gasteiger partial charge in [-0.1, -0.05) is 30.3 Å². The summed E-state index contributed by atoms with van der Waals surface area (Å²) in [5.74, 6) is -0.0634. The Morgan fingerprint density at radius 2 is 2.05 bits per heavy atom. The summed E-state index contributed by atoms with van der Waals surface area (Å²) in [6.45, 7) is 3.41. The van der Waals surface area contributed by atoms with Gasteiger partial charge in [0.15, 0.2) is 0 Å². The fourth-order valence-corrected chi connectivity index (χ4v) is 2.99. The van der Waals surface area contributed by atoms with Crippen LogP contribution < -0.4 is 0 Å². The second kappa shape index (κ2) is 8.05. The normalized spacial score (nSPS) is 19.3. The summed E-state index contributed by atoms with van der Waals surface area (Å²) in [6.07, 6.45) is 5.98. The van der Waals surface area contributed by atoms with E-state index in [1.54, 1.807) is 0 Å². The molecule has 1 unspecified atom stereocenters. The van der Waals surface area contributed by atoms with Crippen LogP contribution in [0.25, 0.3) is 0 Å². The second-order valence-corrected chi connectivity index (χ2v) is 5.83. The van der Waals surface area contributed by atoms with Crippen LogP contribution in [0.15, 0.2) is 30.3 Å². The quantitative estimate of drug-likeness (QED) is 0.741. The summed E-state index contributed by atoms with van der Waals surface area (Å²) < 4.78 is 0. The van der Waals surface area contributed by atoms with Crippen molar-refractivity contribution >= 4 is 5.97 Å². The van der Waals surface area contributed by atoms with Gasteiger partial charge < -0.3 is 10.0 Å². The summed E-state index contributed by atoms with van der Waals surface area (Å²) in [4.78, 5) is 13.1. The number of carbonyl (C=O) groups is 1. The van der Waals surface area contributed by atoms with E-state index in [9.17, 15) is 4.79 Å². The number of carboxylic acid groups (broad SMARTS) is 1. The van der Waals surface area contributed by atoms with Crippen LogP contribution in [0.1, 0.15) is 37.7 Å². The van der Waals surface area contributed by atoms with Crippen molar-refractivity contribution in [3.05, 3.63) is 35.9 Å². The predicted octanol–water partition coefficient (Wildman–Crippen LogP) is 3.20. The van der Waals surface area contributed by atoms with Crippen molar-refractivity contribution in [1.29, 1.82) is 0 Å². The van der Waals surface area contributed by atoms with E-state index in [1.165, 1.54) is 24.8 Å². The summed E-state index contributed by atoms with van der Waals surface area (Å²) in [5, 5.41) is 8.71. The molecule has 1 fully saturated rings. The van der Waals surface area contributed by atoms with Crippen LogP contribution in [-0.4, -0.2) is 35.6 Å². The van der Waals surface area contributed by atoms with E-state index in [-0.39, 0.29) is 0 Å². The Hall–Kier alpha value is -1.35. The van der Waals surface area contributed by atoms with Gasteiger partial charge in [0.1, 0.15) is 0 Å². The molecule has 0 bridgehead atoms. The molecule has 1 aliphatic heterocycles. The topological polar surface area (TPSA) is 40.5 Å². The van der Waals surface area contributed by atoms with Gasteiger partial charge in [0, 0.05) is 13.0 Å². The third kappa shape index (κ3) is 5.33. The van der Waals surface area contributed by atoms with Crippen molar-refractivity contribution in [2.75, 3.05) is 19.6 Å². The molecule has 0 radical (unpaired) electrons. The van der Waals surface area contributed by atoms with Gasteiger partial charge in [-0.15, -0.1) is 0 Å². The van der Waals surface area contributed by atoms with Crippen LogP contribution in [0.3, 0.4) is 0 Å². The molecule has 1 aromatic rings. The van der Waals surface area contributed by atoms with Gasteiger partial charge in [-0.25, -0.2) is 0 Å². The van der Waals surface area contributed by atoms with Crippen molar-refractivity contribution in [2.24, 2.45) is 5.92 Å². The van der Waals surface area contributed by atoms with E-state index in [0.717, 1.165) is 32.5 Å². The zero-order valence-corrected chi connectivity index (χ0v) is 12.1. The van der Waals surface area contributed by atoms with E-state index >= 15 is 0 Å². The lowest BCUT2D eigenvalue weighted by atomic mass is 10.0. The third-order valence-electron chi connectivity index (χ3n) is 4.17. The smallest absolute Gasteiger partial charge is 0.303 e. The van der Waals surface area contributed by atoms with Gasteiger partial charge in [0.25, 0.3) is 0 Å². The first kappa shape index (κ1) is 15.0. The van der Waals surface area contributed by atoms with E-state index in [2.05, 4.69) is 35.2 Å². The summed E-state index contributed by atoms with van der Waals surface area (Å²) in [7, 11) is 0. The zero-order valence-electron chi connectivity index (χ0n) is 12.1. The molecular weight excluding hydrogens is 250 g/mol. The number of unbranched alkanes of at least 4 members (excludes halogenated alkanes) is 1. The Morgan fingerprint density at radius 3 is 2.80 bits per heavy atom. The molecule has 20 heavy (non-hydrogen) atoms. The number of likely N-dealkylation sites (tertiary alicyclic amines) is 1. The average Bonchev–Trinajstić information content (AvgIpc) is 2.90. The van der Waals surface area contributed by atoms with Gasteiger partial charge in [0.2, 0.25) is 0 Å². The zero-order chi connectivity index (χ0) is 14.2. The monoisotopic (exact) mass is 275 g/mol. The van der Waals surface area contributed by atoms with Gasteiger partial charge in [-0.2, -0.15) is 0 Å². The van der Waals surface area contributed by atoms with Crippen molar-refractivity contribution in [3.8, 4) is 0 Å². The van der Waals surface area contributed by atoms with Crippen LogP contribution in [0.5, 0.6) is 0 Å². The van der Waals surface area contributed by atoms with E-state index in [1.807, 2.05) is 0 Å². The van der Waals surface area contributed by atoms with Crippen LogP contribution in [0.2, 0.25) is 0 Å². The molecule has 1 aliphatic rings. The lowest BCUT2D eigenvalue weighted by Gasteiger charge is -2.15. The van der Waals surface area contributed by atoms with E-state index < -0.39 is 5.97 Å². The highest BCUT2D eigenvalue weighted by Crippen LogP contribution is 2.21. The Morgan fingerprint density at radius 1 is 1.25 bits per heavy atom. The number of hydrogen-bond donors (Lipinski definition) is 1. The fraction of sp³-hybridized carbons (Fsp3) is 0.588. The Kier molecular flexibility index (Phi) is 6.06. The number of rotatable bonds is 8. The molecule has 1 atom stereocenters. The predicted molar refractivity (Wildman–Crippen MR) is 80.8 cm³/mol. The average molecular weight is 275 g/mol. The van der Waals surface area contributed by atoms with Gasteiger partial charge in [0.05, 0.1) is 0 Å². The molecule has 1 heterocycles. The minimum absolute atomic E-state index is 0.326. The molecule has 0 spiro atoms. The number of carboxylic acids is 1. The Labute approximate surface area is 121 Å². The summed E-state index contributed by atoms with van der Waals surface area (Å²) in [5.41, 5.74) is 1.42. The minimum atomic E-state index is -0.661. The maximum absolute atomic E-state index is 10.6. The molecule has 3 heteroatoms. The summed E-state index contributed by atoms with van der Waals surface area (Å²) in [6, 6.07) is 10.6. The van der Waals surface area contributed by atoms with Gasteiger partial charge >= 0.3 is 5.97 Å². The maximum atomic E-state index is 10.6. The highest BCUT2D eigenvalue weighted by atomic mass is 16.4. The number of nitrogens with zero attached hydrogens (tertiary/aromatic N) is 1. The molecule has 2 rings (SSSR count). The lowest BCUT2D eigenvalue weighted by Crippen LogP contribution is -2.22. The molecule has 0 aliphatic carbocycles. The van der Waals surface area contributed by atoms with Crippen molar-refractivity contribution in [3.63, 3.8) is 0 Å². The third-order valence-corrected chi connectivity index (χ3v) is 4.17. The first-order chi connectivity index (χ1) is 9.74. The molecule has 1 N–H and O–H groups in total. The van der Waals surface area contributed by atoms with E-state index in [4.69, 9.17) is 5.11 Å². The van der Waals surface area contributed by atoms with Crippen molar-refractivity contribution < 1.29 is 9.90 Å². The van der Waals surface area contributed by atoms with Gasteiger partial charge in [-0.3, -0.25) is 4.79 Å². The molecule has 0 saturated carbocycles. The standard InChI is InChI=1S/C17H25NO2/c19-17(20)10-9-16-11-13-18(14-16)12-5-4-8-15-6-2-1-3-7-15/h1-3,6-7,16H,4-5,8-14H2,(H,19,20). The highest BCUT2D eigenvalue weighted by molar-refractivity contribution is 5.66. The van der Waals surface area contributed by atoms with Crippen LogP contribution in [-0.2, 0) is 11.2 Å². The Balaban J connectivity index is 1.56. The fourth-order valence-electron chi connectivity index (χ4n) is 2.99. The van der Waals surface area contributed by atoms with E-state index in [0.29, 0.717) is 12.3 Å². The summed E-state index contributed by atoms with van der Waals surface area (Å²) >= 11 is 0. The van der Waals surface area contributed by atoms with Crippen molar-refractivity contribution in [2.45, 2.75) is 38.5 Å². The molecule has 3 nitrogen and oxygen atoms in total. The number of aliphatic carboxylic acids is 1. The second-order valence-electron chi connectivity index (χ2n) is 5.83. The lowest BCUT2D eigenvalue weighted by molar-refractivity contribution is -0.137. The molecule has 1 aromatic carbocycles. The largest absolute Gasteiger partial charge is 0.481 e. The van der Waals surface area contributed by atoms with Crippen LogP contribution >= 0.6 is 0 Å². The molecule has 0 amide bonds. The molecule has 1 saturated heterocycles. The Bertz CT molecular complexity index is 405. The number of hydrogen-bond acceptors (Lipinski definition) is 2. The maximum Gasteiger partial charge on any atom is 0.303 e. The van der Waals surface area contributed by atoms with Gasteiger partial charge in [-0.05, 0) is 56.7 Å². The van der Waals surface area contributed by atoms with Crippen molar-refractivity contribution in [1.82, 2.24) is 4.90 Å². The molecule has 110 valence electrons. The molecular formula is C17H25NO2.